The van der Waals surface area contributed by atoms with E-state index in [4.69, 9.17) is 5.11 Å². The number of hydrogen-bond acceptors (Lipinski definition) is 5. The van der Waals surface area contributed by atoms with Gasteiger partial charge in [-0.1, -0.05) is 6.92 Å². The molecule has 0 aromatic carbocycles. The van der Waals surface area contributed by atoms with Gasteiger partial charge in [0.1, 0.15) is 0 Å². The highest BCUT2D eigenvalue weighted by molar-refractivity contribution is 7.89. The molecule has 7 heteroatoms. The Morgan fingerprint density at radius 3 is 2.57 bits per heavy atom. The van der Waals surface area contributed by atoms with E-state index in [-0.39, 0.29) is 12.0 Å². The molecule has 0 spiro atoms. The van der Waals surface area contributed by atoms with Crippen molar-refractivity contribution in [2.75, 3.05) is 26.7 Å². The molecule has 1 aromatic heterocycles. The van der Waals surface area contributed by atoms with E-state index in [0.717, 1.165) is 30.8 Å². The third-order valence-corrected chi connectivity index (χ3v) is 6.94. The Morgan fingerprint density at radius 1 is 1.43 bits per heavy atom. The molecule has 2 rings (SSSR count). The van der Waals surface area contributed by atoms with Crippen LogP contribution in [0.3, 0.4) is 0 Å². The first kappa shape index (κ1) is 16.9. The van der Waals surface area contributed by atoms with Gasteiger partial charge in [0.25, 0.3) is 0 Å². The molecule has 1 saturated heterocycles. The van der Waals surface area contributed by atoms with Gasteiger partial charge in [-0.05, 0) is 51.4 Å². The number of aryl methyl sites for hydroxylation is 1. The van der Waals surface area contributed by atoms with Crippen molar-refractivity contribution in [3.63, 3.8) is 0 Å². The van der Waals surface area contributed by atoms with Gasteiger partial charge in [0.05, 0.1) is 11.5 Å². The van der Waals surface area contributed by atoms with Crippen LogP contribution < -0.4 is 4.72 Å². The summed E-state index contributed by atoms with van der Waals surface area (Å²) in [5.41, 5.74) is 0.0172. The van der Waals surface area contributed by atoms with Crippen molar-refractivity contribution in [3.05, 3.63) is 15.8 Å². The van der Waals surface area contributed by atoms with E-state index in [9.17, 15) is 8.42 Å². The first-order valence-corrected chi connectivity index (χ1v) is 9.44. The average Bonchev–Trinajstić information content (AvgIpc) is 2.83. The molecule has 0 amide bonds. The Balaban J connectivity index is 2.06. The van der Waals surface area contributed by atoms with Crippen LogP contribution in [0, 0.1) is 12.3 Å². The summed E-state index contributed by atoms with van der Waals surface area (Å²) in [7, 11) is -1.40. The van der Waals surface area contributed by atoms with Crippen LogP contribution in [-0.4, -0.2) is 45.1 Å². The second-order valence-electron chi connectivity index (χ2n) is 6.23. The van der Waals surface area contributed by atoms with E-state index in [1.807, 2.05) is 0 Å². The fourth-order valence-corrected chi connectivity index (χ4v) is 5.24. The summed E-state index contributed by atoms with van der Waals surface area (Å²) in [4.78, 5) is 3.97. The molecule has 1 aromatic rings. The largest absolute Gasteiger partial charge is 0.391 e. The van der Waals surface area contributed by atoms with Gasteiger partial charge in [0.15, 0.2) is 0 Å². The molecule has 2 heterocycles. The lowest BCUT2D eigenvalue weighted by Crippen LogP contribution is -2.43. The fourth-order valence-electron chi connectivity index (χ4n) is 2.55. The van der Waals surface area contributed by atoms with Crippen LogP contribution in [0.15, 0.2) is 11.0 Å². The van der Waals surface area contributed by atoms with Crippen LogP contribution in [0.4, 0.5) is 0 Å². The number of aliphatic hydroxyl groups excluding tert-OH is 1. The summed E-state index contributed by atoms with van der Waals surface area (Å²) < 4.78 is 27.6. The molecule has 0 radical (unpaired) electrons. The Hall–Kier alpha value is -0.470. The van der Waals surface area contributed by atoms with Gasteiger partial charge in [-0.3, -0.25) is 0 Å². The minimum atomic E-state index is -3.50. The van der Waals surface area contributed by atoms with Crippen molar-refractivity contribution in [2.45, 2.75) is 38.2 Å². The summed E-state index contributed by atoms with van der Waals surface area (Å²) >= 11 is 1.33. The van der Waals surface area contributed by atoms with Crippen LogP contribution in [0.1, 0.15) is 29.5 Å². The minimum absolute atomic E-state index is 0.0172. The first-order valence-electron chi connectivity index (χ1n) is 7.14. The molecule has 0 bridgehead atoms. The number of nitrogens with zero attached hydrogens (tertiary/aromatic N) is 1. The summed E-state index contributed by atoms with van der Waals surface area (Å²) in [5.74, 6) is 0. The SMILES string of the molecule is Cc1sc(CO)cc1S(=O)(=O)NCC1(C)CCN(C)CC1. The van der Waals surface area contributed by atoms with Gasteiger partial charge < -0.3 is 10.0 Å². The number of nitrogens with one attached hydrogen (secondary N) is 1. The predicted octanol–water partition coefficient (Wildman–Crippen LogP) is 1.56. The molecule has 2 N–H and O–H groups in total. The zero-order valence-electron chi connectivity index (χ0n) is 12.8. The molecule has 21 heavy (non-hydrogen) atoms. The highest BCUT2D eigenvalue weighted by atomic mass is 32.2. The zero-order valence-corrected chi connectivity index (χ0v) is 14.5. The highest BCUT2D eigenvalue weighted by Gasteiger charge is 2.31. The predicted molar refractivity (Wildman–Crippen MR) is 85.0 cm³/mol. The maximum absolute atomic E-state index is 12.4. The van der Waals surface area contributed by atoms with Crippen LogP contribution >= 0.6 is 11.3 Å². The van der Waals surface area contributed by atoms with Gasteiger partial charge in [-0.2, -0.15) is 0 Å². The third kappa shape index (κ3) is 4.04. The van der Waals surface area contributed by atoms with Gasteiger partial charge >= 0.3 is 0 Å². The molecule has 1 aliphatic heterocycles. The van der Waals surface area contributed by atoms with E-state index in [2.05, 4.69) is 23.6 Å². The lowest BCUT2D eigenvalue weighted by Gasteiger charge is -2.37. The van der Waals surface area contributed by atoms with E-state index in [0.29, 0.717) is 16.3 Å². The number of thiophene rings is 1. The number of rotatable bonds is 5. The quantitative estimate of drug-likeness (QED) is 0.858. The van der Waals surface area contributed by atoms with Crippen molar-refractivity contribution in [2.24, 2.45) is 5.41 Å². The molecule has 0 saturated carbocycles. The van der Waals surface area contributed by atoms with Gasteiger partial charge in [0, 0.05) is 16.3 Å². The topological polar surface area (TPSA) is 69.6 Å². The van der Waals surface area contributed by atoms with Crippen molar-refractivity contribution >= 4 is 21.4 Å². The number of piperidine rings is 1. The number of aliphatic hydroxyl groups is 1. The summed E-state index contributed by atoms with van der Waals surface area (Å²) in [6.45, 7) is 6.27. The molecular weight excluding hydrogens is 308 g/mol. The second kappa shape index (κ2) is 6.34. The molecule has 5 nitrogen and oxygen atoms in total. The van der Waals surface area contributed by atoms with E-state index < -0.39 is 10.0 Å². The summed E-state index contributed by atoms with van der Waals surface area (Å²) in [6, 6.07) is 1.57. The van der Waals surface area contributed by atoms with Gasteiger partial charge in [-0.15, -0.1) is 11.3 Å². The van der Waals surface area contributed by atoms with E-state index in [1.54, 1.807) is 13.0 Å². The Labute approximate surface area is 131 Å². The second-order valence-corrected chi connectivity index (χ2v) is 9.31. The Morgan fingerprint density at radius 2 is 2.05 bits per heavy atom. The monoisotopic (exact) mass is 332 g/mol. The standard InChI is InChI=1S/C14H24N2O3S2/c1-11-13(8-12(9-17)20-11)21(18,19)15-10-14(2)4-6-16(3)7-5-14/h8,15,17H,4-7,9-10H2,1-3H3. The number of hydrogen-bond donors (Lipinski definition) is 2. The van der Waals surface area contributed by atoms with Crippen LogP contribution in [0.2, 0.25) is 0 Å². The van der Waals surface area contributed by atoms with E-state index >= 15 is 0 Å². The lowest BCUT2D eigenvalue weighted by molar-refractivity contribution is 0.143. The first-order chi connectivity index (χ1) is 9.76. The smallest absolute Gasteiger partial charge is 0.241 e. The van der Waals surface area contributed by atoms with Gasteiger partial charge in [-0.25, -0.2) is 13.1 Å². The third-order valence-electron chi connectivity index (χ3n) is 4.25. The van der Waals surface area contributed by atoms with Crippen molar-refractivity contribution in [1.82, 2.24) is 9.62 Å². The van der Waals surface area contributed by atoms with Crippen molar-refractivity contribution in [1.29, 1.82) is 0 Å². The lowest BCUT2D eigenvalue weighted by atomic mass is 9.81. The number of sulfonamides is 1. The molecular formula is C14H24N2O3S2. The summed E-state index contributed by atoms with van der Waals surface area (Å²) in [6.07, 6.45) is 1.99. The molecule has 1 fully saturated rings. The average molecular weight is 332 g/mol. The maximum atomic E-state index is 12.4. The Kier molecular flexibility index (Phi) is 5.10. The molecule has 1 aliphatic rings. The Bertz CT molecular complexity index is 587. The van der Waals surface area contributed by atoms with Crippen molar-refractivity contribution in [3.8, 4) is 0 Å². The van der Waals surface area contributed by atoms with Crippen molar-refractivity contribution < 1.29 is 13.5 Å². The van der Waals surface area contributed by atoms with E-state index in [1.165, 1.54) is 11.3 Å². The molecule has 0 atom stereocenters. The highest BCUT2D eigenvalue weighted by Crippen LogP contribution is 2.31. The normalized spacial score (nSPS) is 19.8. The van der Waals surface area contributed by atoms with Crippen LogP contribution in [0.5, 0.6) is 0 Å². The maximum Gasteiger partial charge on any atom is 0.241 e. The van der Waals surface area contributed by atoms with Crippen LogP contribution in [-0.2, 0) is 16.6 Å². The van der Waals surface area contributed by atoms with Gasteiger partial charge in [0.2, 0.25) is 10.0 Å². The number of likely N-dealkylation sites (tertiary alicyclic amines) is 1. The summed E-state index contributed by atoms with van der Waals surface area (Å²) in [5, 5.41) is 9.13. The fraction of sp³-hybridized carbons (Fsp3) is 0.714. The van der Waals surface area contributed by atoms with Crippen LogP contribution in [0.25, 0.3) is 0 Å². The zero-order chi connectivity index (χ0) is 15.7. The molecule has 120 valence electrons. The minimum Gasteiger partial charge on any atom is -0.391 e. The molecule has 0 aliphatic carbocycles. The molecule has 0 unspecified atom stereocenters.